The second-order valence-electron chi connectivity index (χ2n) is 4.04. The molecule has 2 N–H and O–H groups in total. The van der Waals surface area contributed by atoms with Crippen molar-refractivity contribution in [3.05, 3.63) is 59.7 Å². The number of rotatable bonds is 4. The summed E-state index contributed by atoms with van der Waals surface area (Å²) in [5, 5.41) is 8.72. The van der Waals surface area contributed by atoms with Crippen LogP contribution < -0.4 is 4.72 Å². The molecule has 2 rings (SSSR count). The average molecular weight is 313 g/mol. The Labute approximate surface area is 118 Å². The Morgan fingerprint density at radius 2 is 1.67 bits per heavy atom. The van der Waals surface area contributed by atoms with Crippen LogP contribution in [0, 0.1) is 11.6 Å². The molecule has 0 bridgehead atoms. The number of carbonyl (C=O) groups is 1. The maximum absolute atomic E-state index is 13.5. The van der Waals surface area contributed by atoms with Crippen molar-refractivity contribution in [3.8, 4) is 0 Å². The van der Waals surface area contributed by atoms with Crippen LogP contribution in [0.25, 0.3) is 0 Å². The predicted molar refractivity (Wildman–Crippen MR) is 70.6 cm³/mol. The fraction of sp³-hybridized carbons (Fsp3) is 0. The van der Waals surface area contributed by atoms with Crippen LogP contribution in [0.1, 0.15) is 10.4 Å². The first-order valence-electron chi connectivity index (χ1n) is 5.61. The first-order valence-corrected chi connectivity index (χ1v) is 7.10. The lowest BCUT2D eigenvalue weighted by molar-refractivity contribution is 0.0697. The highest BCUT2D eigenvalue weighted by Crippen LogP contribution is 2.20. The lowest BCUT2D eigenvalue weighted by atomic mass is 10.2. The van der Waals surface area contributed by atoms with Crippen molar-refractivity contribution in [2.75, 3.05) is 4.72 Å². The van der Waals surface area contributed by atoms with Crippen molar-refractivity contribution < 1.29 is 27.1 Å². The number of halogens is 2. The number of sulfonamides is 1. The number of anilines is 1. The van der Waals surface area contributed by atoms with E-state index in [1.165, 1.54) is 24.3 Å². The van der Waals surface area contributed by atoms with Crippen LogP contribution in [0.5, 0.6) is 0 Å². The van der Waals surface area contributed by atoms with Crippen molar-refractivity contribution in [2.24, 2.45) is 0 Å². The summed E-state index contributed by atoms with van der Waals surface area (Å²) in [6.07, 6.45) is 0. The normalized spacial score (nSPS) is 11.1. The first kappa shape index (κ1) is 14.9. The summed E-state index contributed by atoms with van der Waals surface area (Å²) in [4.78, 5) is 9.84. The van der Waals surface area contributed by atoms with E-state index in [2.05, 4.69) is 0 Å². The van der Waals surface area contributed by atoms with Gasteiger partial charge in [-0.2, -0.15) is 0 Å². The molecule has 2 aromatic rings. The third-order valence-corrected chi connectivity index (χ3v) is 3.99. The number of carboxylic acid groups (broad SMARTS) is 1. The third-order valence-electron chi connectivity index (χ3n) is 2.59. The maximum atomic E-state index is 13.5. The SMILES string of the molecule is O=C(O)c1ccc(NS(=O)(=O)c2cccc(F)c2F)cc1. The van der Waals surface area contributed by atoms with Gasteiger partial charge in [-0.15, -0.1) is 0 Å². The lowest BCUT2D eigenvalue weighted by Gasteiger charge is -2.09. The molecule has 2 aromatic carbocycles. The third kappa shape index (κ3) is 3.16. The molecule has 5 nitrogen and oxygen atoms in total. The minimum atomic E-state index is -4.31. The van der Waals surface area contributed by atoms with Gasteiger partial charge in [-0.1, -0.05) is 6.07 Å². The van der Waals surface area contributed by atoms with Gasteiger partial charge in [0.15, 0.2) is 11.6 Å². The average Bonchev–Trinajstić information content (AvgIpc) is 2.41. The highest BCUT2D eigenvalue weighted by atomic mass is 32.2. The topological polar surface area (TPSA) is 83.5 Å². The van der Waals surface area contributed by atoms with Crippen LogP contribution >= 0.6 is 0 Å². The Morgan fingerprint density at radius 3 is 2.24 bits per heavy atom. The molecule has 0 amide bonds. The van der Waals surface area contributed by atoms with Gasteiger partial charge in [-0.05, 0) is 36.4 Å². The standard InChI is InChI=1S/C13H9F2NO4S/c14-10-2-1-3-11(12(10)15)21(19,20)16-9-6-4-8(5-7-9)13(17)18/h1-7,16H,(H,17,18). The number of carboxylic acids is 1. The zero-order valence-electron chi connectivity index (χ0n) is 10.4. The molecule has 110 valence electrons. The molecule has 0 saturated heterocycles. The summed E-state index contributed by atoms with van der Waals surface area (Å²) in [7, 11) is -4.31. The van der Waals surface area contributed by atoms with E-state index in [0.29, 0.717) is 0 Å². The molecular weight excluding hydrogens is 304 g/mol. The van der Waals surface area contributed by atoms with Crippen LogP contribution in [0.4, 0.5) is 14.5 Å². The van der Waals surface area contributed by atoms with Crippen molar-refractivity contribution in [1.82, 2.24) is 0 Å². The number of hydrogen-bond acceptors (Lipinski definition) is 3. The van der Waals surface area contributed by atoms with E-state index in [9.17, 15) is 22.0 Å². The van der Waals surface area contributed by atoms with E-state index in [1.54, 1.807) is 0 Å². The van der Waals surface area contributed by atoms with Gasteiger partial charge in [0.25, 0.3) is 10.0 Å². The summed E-state index contributed by atoms with van der Waals surface area (Å²) >= 11 is 0. The van der Waals surface area contributed by atoms with Crippen molar-refractivity contribution >= 4 is 21.7 Å². The molecule has 0 saturated carbocycles. The number of aromatic carboxylic acids is 1. The van der Waals surface area contributed by atoms with Gasteiger partial charge in [0, 0.05) is 5.69 Å². The molecule has 0 heterocycles. The molecular formula is C13H9F2NO4S. The first-order chi connectivity index (χ1) is 9.81. The Morgan fingerprint density at radius 1 is 1.05 bits per heavy atom. The van der Waals surface area contributed by atoms with Crippen LogP contribution in [-0.4, -0.2) is 19.5 Å². The molecule has 0 aromatic heterocycles. The molecule has 0 aliphatic rings. The predicted octanol–water partition coefficient (Wildman–Crippen LogP) is 2.46. The van der Waals surface area contributed by atoms with E-state index in [1.807, 2.05) is 4.72 Å². The molecule has 0 atom stereocenters. The molecule has 0 radical (unpaired) electrons. The minimum absolute atomic E-state index is 0.0312. The number of nitrogens with one attached hydrogen (secondary N) is 1. The minimum Gasteiger partial charge on any atom is -0.478 e. The monoisotopic (exact) mass is 313 g/mol. The number of hydrogen-bond donors (Lipinski definition) is 2. The van der Waals surface area contributed by atoms with E-state index < -0.39 is 32.5 Å². The van der Waals surface area contributed by atoms with Gasteiger partial charge in [0.1, 0.15) is 4.90 Å². The van der Waals surface area contributed by atoms with E-state index in [0.717, 1.165) is 18.2 Å². The largest absolute Gasteiger partial charge is 0.478 e. The molecule has 0 aliphatic heterocycles. The van der Waals surface area contributed by atoms with Gasteiger partial charge in [-0.3, -0.25) is 4.72 Å². The Bertz CT molecular complexity index is 788. The van der Waals surface area contributed by atoms with Crippen LogP contribution in [0.15, 0.2) is 47.4 Å². The molecule has 0 aliphatic carbocycles. The van der Waals surface area contributed by atoms with Gasteiger partial charge < -0.3 is 5.11 Å². The molecule has 8 heteroatoms. The second-order valence-corrected chi connectivity index (χ2v) is 5.69. The van der Waals surface area contributed by atoms with Crippen molar-refractivity contribution in [1.29, 1.82) is 0 Å². The Balaban J connectivity index is 2.33. The lowest BCUT2D eigenvalue weighted by Crippen LogP contribution is -2.15. The fourth-order valence-corrected chi connectivity index (χ4v) is 2.73. The van der Waals surface area contributed by atoms with Gasteiger partial charge in [0.2, 0.25) is 0 Å². The summed E-state index contributed by atoms with van der Waals surface area (Å²) in [5.74, 6) is -3.92. The summed E-state index contributed by atoms with van der Waals surface area (Å²) in [6, 6.07) is 7.57. The van der Waals surface area contributed by atoms with E-state index in [4.69, 9.17) is 5.11 Å². The van der Waals surface area contributed by atoms with Gasteiger partial charge in [0.05, 0.1) is 5.56 Å². The maximum Gasteiger partial charge on any atom is 0.335 e. The molecule has 21 heavy (non-hydrogen) atoms. The molecule has 0 fully saturated rings. The Kier molecular flexibility index (Phi) is 3.90. The van der Waals surface area contributed by atoms with E-state index in [-0.39, 0.29) is 11.3 Å². The van der Waals surface area contributed by atoms with Crippen LogP contribution in [0.3, 0.4) is 0 Å². The van der Waals surface area contributed by atoms with Crippen molar-refractivity contribution in [2.45, 2.75) is 4.90 Å². The summed E-state index contributed by atoms with van der Waals surface area (Å²) in [6.45, 7) is 0. The zero-order chi connectivity index (χ0) is 15.6. The summed E-state index contributed by atoms with van der Waals surface area (Å²) in [5.41, 5.74) is -0.00135. The van der Waals surface area contributed by atoms with Gasteiger partial charge in [-0.25, -0.2) is 22.0 Å². The van der Waals surface area contributed by atoms with Crippen molar-refractivity contribution in [3.63, 3.8) is 0 Å². The highest BCUT2D eigenvalue weighted by Gasteiger charge is 2.21. The highest BCUT2D eigenvalue weighted by molar-refractivity contribution is 7.92. The smallest absolute Gasteiger partial charge is 0.335 e. The summed E-state index contributed by atoms with van der Waals surface area (Å²) < 4.78 is 52.5. The Hall–Kier alpha value is -2.48. The quantitative estimate of drug-likeness (QED) is 0.908. The van der Waals surface area contributed by atoms with E-state index >= 15 is 0 Å². The van der Waals surface area contributed by atoms with Gasteiger partial charge >= 0.3 is 5.97 Å². The number of benzene rings is 2. The zero-order valence-corrected chi connectivity index (χ0v) is 11.2. The second kappa shape index (κ2) is 5.49. The molecule has 0 spiro atoms. The fourth-order valence-electron chi connectivity index (χ4n) is 1.58. The van der Waals surface area contributed by atoms with Crippen LogP contribution in [-0.2, 0) is 10.0 Å². The van der Waals surface area contributed by atoms with Crippen LogP contribution in [0.2, 0.25) is 0 Å². The molecule has 0 unspecified atom stereocenters.